The lowest BCUT2D eigenvalue weighted by Crippen LogP contribution is -2.63. The van der Waals surface area contributed by atoms with E-state index < -0.39 is 49.5 Å². The Morgan fingerprint density at radius 1 is 0.625 bits per heavy atom. The van der Waals surface area contributed by atoms with E-state index in [-0.39, 0.29) is 36.8 Å². The van der Waals surface area contributed by atoms with E-state index in [0.717, 1.165) is 12.7 Å². The van der Waals surface area contributed by atoms with Crippen LogP contribution in [-0.2, 0) is 29.0 Å². The van der Waals surface area contributed by atoms with Gasteiger partial charge in [0, 0.05) is 40.5 Å². The van der Waals surface area contributed by atoms with Gasteiger partial charge >= 0.3 is 33.4 Å². The van der Waals surface area contributed by atoms with Gasteiger partial charge < -0.3 is 14.2 Å². The summed E-state index contributed by atoms with van der Waals surface area (Å²) in [5.74, 6) is -11.2. The molecule has 6 nitrogen and oxygen atoms in total. The van der Waals surface area contributed by atoms with Crippen LogP contribution in [0.25, 0.3) is 10.8 Å². The number of halogens is 9. The van der Waals surface area contributed by atoms with Crippen LogP contribution in [0.1, 0.15) is 16.7 Å². The summed E-state index contributed by atoms with van der Waals surface area (Å²) in [4.78, 5) is -0.921. The van der Waals surface area contributed by atoms with Gasteiger partial charge in [0.05, 0.1) is 12.0 Å². The van der Waals surface area contributed by atoms with Crippen molar-refractivity contribution in [1.82, 2.24) is 0 Å². The molecule has 0 bridgehead atoms. The van der Waals surface area contributed by atoms with Crippen molar-refractivity contribution in [2.45, 2.75) is 50.7 Å². The van der Waals surface area contributed by atoms with Crippen molar-refractivity contribution < 1.29 is 65.8 Å². The Labute approximate surface area is 317 Å². The zero-order valence-corrected chi connectivity index (χ0v) is 31.3. The molecule has 0 spiro atoms. The van der Waals surface area contributed by atoms with Crippen molar-refractivity contribution in [3.05, 3.63) is 132 Å². The molecule has 0 unspecified atom stereocenters. The first-order chi connectivity index (χ1) is 26.2. The van der Waals surface area contributed by atoms with E-state index in [4.69, 9.17) is 17.8 Å². The summed E-state index contributed by atoms with van der Waals surface area (Å²) in [6.45, 7) is 1.89. The maximum Gasteiger partial charge on any atom is 0.460 e. The van der Waals surface area contributed by atoms with E-state index in [1.165, 1.54) is 105 Å². The Kier molecular flexibility index (Phi) is 11.6. The molecule has 5 rings (SSSR count). The fourth-order valence-corrected chi connectivity index (χ4v) is 11.1. The SMILES string of the molecule is COc1ccc2cc(C(C#Cc3ccc(C)cc3)(OC)OC)ccc2c1S(OS(=O)(=O)C(F)(F)C(F)(F)C(F)(F)C(F)(F)F)(c1ccccc1)c1ccccc1. The Hall–Kier alpha value is -4.73. The predicted octanol–water partition coefficient (Wildman–Crippen LogP) is 10.6. The molecule has 0 heterocycles. The highest BCUT2D eigenvalue weighted by Crippen LogP contribution is 2.74. The average Bonchev–Trinajstić information content (AvgIpc) is 3.17. The normalized spacial score (nSPS) is 13.6. The van der Waals surface area contributed by atoms with Crippen LogP contribution >= 0.6 is 10.3 Å². The minimum absolute atomic E-state index is 0.00527. The molecule has 0 aliphatic carbocycles. The topological polar surface area (TPSA) is 71.1 Å². The second-order valence-electron chi connectivity index (χ2n) is 12.0. The van der Waals surface area contributed by atoms with E-state index in [2.05, 4.69) is 11.8 Å². The first kappa shape index (κ1) is 42.4. The van der Waals surface area contributed by atoms with Crippen LogP contribution in [0.3, 0.4) is 0 Å². The van der Waals surface area contributed by atoms with E-state index in [9.17, 15) is 39.2 Å². The molecule has 0 saturated carbocycles. The molecular formula is C39H31F9O6S2. The number of methoxy groups -OCH3 is 3. The van der Waals surface area contributed by atoms with Crippen LogP contribution in [0.4, 0.5) is 39.5 Å². The van der Waals surface area contributed by atoms with Crippen molar-refractivity contribution >= 4 is 31.2 Å². The summed E-state index contributed by atoms with van der Waals surface area (Å²) < 4.78 is 178. The fourth-order valence-electron chi connectivity index (χ4n) is 5.63. The highest BCUT2D eigenvalue weighted by Gasteiger charge is 2.86. The van der Waals surface area contributed by atoms with Crippen LogP contribution in [0.2, 0.25) is 0 Å². The monoisotopic (exact) mass is 830 g/mol. The van der Waals surface area contributed by atoms with Crippen LogP contribution in [0.5, 0.6) is 5.75 Å². The average molecular weight is 831 g/mol. The van der Waals surface area contributed by atoms with Crippen molar-refractivity contribution in [3.63, 3.8) is 0 Å². The molecule has 0 atom stereocenters. The maximum absolute atomic E-state index is 15.6. The molecule has 56 heavy (non-hydrogen) atoms. The lowest BCUT2D eigenvalue weighted by atomic mass is 10.00. The van der Waals surface area contributed by atoms with Crippen LogP contribution in [0, 0.1) is 18.8 Å². The highest BCUT2D eigenvalue weighted by molar-refractivity contribution is 8.33. The second-order valence-corrected chi connectivity index (χ2v) is 16.5. The largest absolute Gasteiger partial charge is 0.496 e. The fraction of sp³-hybridized carbons (Fsp3) is 0.231. The third kappa shape index (κ3) is 7.09. The van der Waals surface area contributed by atoms with Gasteiger partial charge in [0.1, 0.15) is 5.75 Å². The third-order valence-electron chi connectivity index (χ3n) is 8.59. The highest BCUT2D eigenvalue weighted by atomic mass is 32.3. The lowest BCUT2D eigenvalue weighted by Gasteiger charge is -2.42. The number of rotatable bonds is 12. The first-order valence-electron chi connectivity index (χ1n) is 16.1. The number of hydrogen-bond acceptors (Lipinski definition) is 6. The molecule has 0 saturated heterocycles. The molecule has 0 amide bonds. The number of ether oxygens (including phenoxy) is 3. The molecule has 298 valence electrons. The van der Waals surface area contributed by atoms with Gasteiger partial charge in [-0.3, -0.25) is 0 Å². The van der Waals surface area contributed by atoms with Gasteiger partial charge in [-0.1, -0.05) is 78.2 Å². The van der Waals surface area contributed by atoms with E-state index in [0.29, 0.717) is 5.56 Å². The Bertz CT molecular complexity index is 2320. The third-order valence-corrected chi connectivity index (χ3v) is 13.9. The summed E-state index contributed by atoms with van der Waals surface area (Å²) in [5.41, 5.74) is 1.85. The number of benzene rings is 5. The predicted molar refractivity (Wildman–Crippen MR) is 190 cm³/mol. The number of alkyl halides is 9. The van der Waals surface area contributed by atoms with Gasteiger partial charge in [-0.15, -0.1) is 0 Å². The minimum atomic E-state index is -7.56. The zero-order chi connectivity index (χ0) is 41.4. The quantitative estimate of drug-likeness (QED) is 0.0709. The molecule has 0 fully saturated rings. The standard InChI is InChI=1S/C39H31F9O6S2/c1-26-15-17-27(18-16-26)23-24-35(52-3,53-4)29-20-21-32-28(25-29)19-22-33(51-2)34(32)55(30-11-7-5-8-12-30,31-13-9-6-10-14-31)54-56(49,50)39(47,48)37(42,43)36(40,41)38(44,45)46/h5-22,25H,1-4H3. The second kappa shape index (κ2) is 15.3. The zero-order valence-electron chi connectivity index (χ0n) is 29.6. The van der Waals surface area contributed by atoms with Crippen molar-refractivity contribution in [1.29, 1.82) is 0 Å². The molecule has 0 radical (unpaired) electrons. The van der Waals surface area contributed by atoms with Gasteiger partial charge in [0.2, 0.25) is 0 Å². The van der Waals surface area contributed by atoms with Gasteiger partial charge in [-0.2, -0.15) is 47.9 Å². The van der Waals surface area contributed by atoms with Gasteiger partial charge in [-0.25, -0.2) is 3.63 Å². The van der Waals surface area contributed by atoms with E-state index >= 15 is 8.78 Å². The Morgan fingerprint density at radius 2 is 1.16 bits per heavy atom. The number of hydrogen-bond donors (Lipinski definition) is 0. The summed E-state index contributed by atoms with van der Waals surface area (Å²) >= 11 is 0. The molecule has 0 N–H and O–H groups in total. The summed E-state index contributed by atoms with van der Waals surface area (Å²) in [7, 11) is -8.17. The molecule has 5 aromatic carbocycles. The maximum atomic E-state index is 15.6. The smallest absolute Gasteiger partial charge is 0.460 e. The Balaban J connectivity index is 1.85. The molecular weight excluding hydrogens is 800 g/mol. The van der Waals surface area contributed by atoms with Gasteiger partial charge in [0.25, 0.3) is 5.79 Å². The molecule has 5 aromatic rings. The van der Waals surface area contributed by atoms with Crippen molar-refractivity contribution in [2.24, 2.45) is 0 Å². The summed E-state index contributed by atoms with van der Waals surface area (Å²) in [6.07, 6.45) is -7.29. The van der Waals surface area contributed by atoms with E-state index in [1.807, 2.05) is 19.1 Å². The van der Waals surface area contributed by atoms with Gasteiger partial charge in [-0.05, 0) is 77.1 Å². The summed E-state index contributed by atoms with van der Waals surface area (Å²) in [6, 6.07) is 27.1. The number of aryl methyl sites for hydroxylation is 1. The first-order valence-corrected chi connectivity index (χ1v) is 19.0. The summed E-state index contributed by atoms with van der Waals surface area (Å²) in [5, 5.41) is -6.98. The molecule has 0 aliphatic heterocycles. The molecule has 17 heteroatoms. The number of fused-ring (bicyclic) bond motifs is 1. The van der Waals surface area contributed by atoms with E-state index in [1.54, 1.807) is 12.1 Å². The molecule has 0 aliphatic rings. The van der Waals surface area contributed by atoms with Crippen LogP contribution in [-0.4, -0.2) is 53.0 Å². The van der Waals surface area contributed by atoms with Crippen LogP contribution in [0.15, 0.2) is 130 Å². The van der Waals surface area contributed by atoms with Crippen molar-refractivity contribution in [3.8, 4) is 17.6 Å². The minimum Gasteiger partial charge on any atom is -0.496 e. The molecule has 0 aromatic heterocycles. The Morgan fingerprint density at radius 3 is 1.64 bits per heavy atom. The lowest BCUT2D eigenvalue weighted by molar-refractivity contribution is -0.382. The van der Waals surface area contributed by atoms with Crippen molar-refractivity contribution in [2.75, 3.05) is 21.3 Å². The van der Waals surface area contributed by atoms with Gasteiger partial charge in [0.15, 0.2) is 0 Å². The van der Waals surface area contributed by atoms with Crippen LogP contribution < -0.4 is 4.74 Å².